The van der Waals surface area contributed by atoms with Gasteiger partial charge in [-0.05, 0) is 42.0 Å². The van der Waals surface area contributed by atoms with Crippen LogP contribution in [0.4, 0.5) is 5.13 Å². The second-order valence-electron chi connectivity index (χ2n) is 6.85. The van der Waals surface area contributed by atoms with Gasteiger partial charge in [0, 0.05) is 22.3 Å². The number of benzene rings is 2. The molecule has 154 valence electrons. The van der Waals surface area contributed by atoms with Gasteiger partial charge in [0.15, 0.2) is 22.2 Å². The summed E-state index contributed by atoms with van der Waals surface area (Å²) in [6, 6.07) is 16.9. The number of hydrogen-bond donors (Lipinski definition) is 0. The first-order valence-electron chi connectivity index (χ1n) is 9.46. The molecule has 6 nitrogen and oxygen atoms in total. The number of carbonyl (C=O) groups is 1. The molecular formula is C23H16BrN3O3S. The van der Waals surface area contributed by atoms with Gasteiger partial charge in [0.05, 0.1) is 23.9 Å². The van der Waals surface area contributed by atoms with Crippen molar-refractivity contribution in [3.05, 3.63) is 82.8 Å². The van der Waals surface area contributed by atoms with Crippen LogP contribution in [0.2, 0.25) is 0 Å². The van der Waals surface area contributed by atoms with E-state index in [1.165, 1.54) is 11.3 Å². The van der Waals surface area contributed by atoms with Gasteiger partial charge < -0.3 is 9.15 Å². The number of thiazole rings is 1. The lowest BCUT2D eigenvalue weighted by molar-refractivity contribution is 0.0960. The van der Waals surface area contributed by atoms with E-state index in [4.69, 9.17) is 14.1 Å². The molecule has 0 aliphatic heterocycles. The quantitative estimate of drug-likeness (QED) is 0.297. The minimum atomic E-state index is -0.278. The van der Waals surface area contributed by atoms with Gasteiger partial charge in [-0.25, -0.2) is 4.98 Å². The lowest BCUT2D eigenvalue weighted by Gasteiger charge is -2.18. The average molecular weight is 494 g/mol. The van der Waals surface area contributed by atoms with Crippen LogP contribution in [0.5, 0.6) is 5.75 Å². The molecule has 0 fully saturated rings. The highest BCUT2D eigenvalue weighted by molar-refractivity contribution is 9.10. The van der Waals surface area contributed by atoms with Crippen LogP contribution >= 0.6 is 27.3 Å². The SMILES string of the molecule is COc1cccc2cc(C(=O)N(Cc3cccnc3)c3nc4ccc(Br)cc4s3)oc12. The van der Waals surface area contributed by atoms with Crippen LogP contribution in [-0.2, 0) is 6.54 Å². The molecular weight excluding hydrogens is 478 g/mol. The van der Waals surface area contributed by atoms with E-state index < -0.39 is 0 Å². The lowest BCUT2D eigenvalue weighted by Crippen LogP contribution is -2.30. The van der Waals surface area contributed by atoms with Crippen LogP contribution in [0, 0.1) is 0 Å². The summed E-state index contributed by atoms with van der Waals surface area (Å²) in [6.07, 6.45) is 3.45. The fourth-order valence-corrected chi connectivity index (χ4v) is 4.85. The highest BCUT2D eigenvalue weighted by Gasteiger charge is 2.25. The zero-order valence-corrected chi connectivity index (χ0v) is 18.8. The van der Waals surface area contributed by atoms with Crippen LogP contribution in [0.1, 0.15) is 16.1 Å². The zero-order chi connectivity index (χ0) is 21.4. The Bertz CT molecular complexity index is 1400. The van der Waals surface area contributed by atoms with Crippen molar-refractivity contribution in [3.63, 3.8) is 0 Å². The third kappa shape index (κ3) is 3.80. The molecule has 0 atom stereocenters. The maximum Gasteiger partial charge on any atom is 0.296 e. The van der Waals surface area contributed by atoms with E-state index in [1.807, 2.05) is 42.5 Å². The fraction of sp³-hybridized carbons (Fsp3) is 0.0870. The number of halogens is 1. The molecule has 0 N–H and O–H groups in total. The molecule has 31 heavy (non-hydrogen) atoms. The minimum absolute atomic E-state index is 0.226. The van der Waals surface area contributed by atoms with Crippen LogP contribution in [0.3, 0.4) is 0 Å². The average Bonchev–Trinajstić information content (AvgIpc) is 3.41. The Morgan fingerprint density at radius 3 is 2.90 bits per heavy atom. The summed E-state index contributed by atoms with van der Waals surface area (Å²) < 4.78 is 13.2. The van der Waals surface area contributed by atoms with E-state index in [0.717, 1.165) is 25.6 Å². The van der Waals surface area contributed by atoms with Gasteiger partial charge in [-0.1, -0.05) is 45.5 Å². The first-order chi connectivity index (χ1) is 15.1. The predicted molar refractivity (Wildman–Crippen MR) is 125 cm³/mol. The van der Waals surface area contributed by atoms with E-state index in [1.54, 1.807) is 36.5 Å². The Kier molecular flexibility index (Phi) is 5.17. The number of amides is 1. The molecule has 0 radical (unpaired) electrons. The summed E-state index contributed by atoms with van der Waals surface area (Å²) in [7, 11) is 1.58. The molecule has 0 aliphatic rings. The molecule has 3 aromatic heterocycles. The number of para-hydroxylation sites is 1. The van der Waals surface area contributed by atoms with Gasteiger partial charge >= 0.3 is 0 Å². The van der Waals surface area contributed by atoms with Gasteiger partial charge in [-0.15, -0.1) is 0 Å². The highest BCUT2D eigenvalue weighted by Crippen LogP contribution is 2.34. The monoisotopic (exact) mass is 493 g/mol. The number of methoxy groups -OCH3 is 1. The summed E-state index contributed by atoms with van der Waals surface area (Å²) >= 11 is 4.95. The Hall–Kier alpha value is -3.23. The maximum absolute atomic E-state index is 13.6. The normalized spacial score (nSPS) is 11.2. The third-order valence-corrected chi connectivity index (χ3v) is 6.35. The van der Waals surface area contributed by atoms with Gasteiger partial charge in [0.2, 0.25) is 0 Å². The number of fused-ring (bicyclic) bond motifs is 2. The minimum Gasteiger partial charge on any atom is -0.493 e. The predicted octanol–water partition coefficient (Wildman–Crippen LogP) is 6.06. The molecule has 0 bridgehead atoms. The Balaban J connectivity index is 1.60. The second kappa shape index (κ2) is 8.13. The molecule has 5 rings (SSSR count). The first-order valence-corrected chi connectivity index (χ1v) is 11.1. The molecule has 5 aromatic rings. The fourth-order valence-electron chi connectivity index (χ4n) is 3.34. The first kappa shape index (κ1) is 19.7. The Morgan fingerprint density at radius 2 is 2.10 bits per heavy atom. The second-order valence-corrected chi connectivity index (χ2v) is 8.78. The van der Waals surface area contributed by atoms with Crippen molar-refractivity contribution >= 4 is 59.5 Å². The number of anilines is 1. The van der Waals surface area contributed by atoms with Crippen LogP contribution in [-0.4, -0.2) is 23.0 Å². The van der Waals surface area contributed by atoms with Gasteiger partial charge in [0.25, 0.3) is 5.91 Å². The van der Waals surface area contributed by atoms with Gasteiger partial charge in [-0.3, -0.25) is 14.7 Å². The number of hydrogen-bond acceptors (Lipinski definition) is 6. The molecule has 2 aromatic carbocycles. The molecule has 0 aliphatic carbocycles. The third-order valence-electron chi connectivity index (χ3n) is 4.82. The largest absolute Gasteiger partial charge is 0.493 e. The molecule has 0 spiro atoms. The lowest BCUT2D eigenvalue weighted by atomic mass is 10.2. The van der Waals surface area contributed by atoms with E-state index in [-0.39, 0.29) is 11.7 Å². The van der Waals surface area contributed by atoms with Crippen molar-refractivity contribution in [2.24, 2.45) is 0 Å². The van der Waals surface area contributed by atoms with Crippen molar-refractivity contribution in [2.45, 2.75) is 6.54 Å². The molecule has 0 saturated heterocycles. The summed E-state index contributed by atoms with van der Waals surface area (Å²) in [5.74, 6) is 0.532. The number of rotatable bonds is 5. The van der Waals surface area contributed by atoms with Crippen molar-refractivity contribution < 1.29 is 13.9 Å². The summed E-state index contributed by atoms with van der Waals surface area (Å²) in [6.45, 7) is 0.321. The number of carbonyl (C=O) groups excluding carboxylic acids is 1. The maximum atomic E-state index is 13.6. The molecule has 1 amide bonds. The standard InChI is InChI=1S/C23H16BrN3O3S/c1-29-18-6-2-5-15-10-19(30-21(15)18)22(28)27(13-14-4-3-9-25-12-14)23-26-17-8-7-16(24)11-20(17)31-23/h2-12H,13H2,1H3. The van der Waals surface area contributed by atoms with Crippen LogP contribution in [0.15, 0.2) is 75.9 Å². The summed E-state index contributed by atoms with van der Waals surface area (Å²) in [5.41, 5.74) is 2.27. The van der Waals surface area contributed by atoms with E-state index >= 15 is 0 Å². The van der Waals surface area contributed by atoms with E-state index in [9.17, 15) is 4.79 Å². The van der Waals surface area contributed by atoms with E-state index in [0.29, 0.717) is 23.0 Å². The van der Waals surface area contributed by atoms with Gasteiger partial charge in [0.1, 0.15) is 0 Å². The van der Waals surface area contributed by atoms with Gasteiger partial charge in [-0.2, -0.15) is 0 Å². The Morgan fingerprint density at radius 1 is 1.19 bits per heavy atom. The molecule has 3 heterocycles. The molecule has 8 heteroatoms. The van der Waals surface area contributed by atoms with Crippen LogP contribution < -0.4 is 9.64 Å². The van der Waals surface area contributed by atoms with E-state index in [2.05, 4.69) is 20.9 Å². The number of furan rings is 1. The van der Waals surface area contributed by atoms with Crippen molar-refractivity contribution in [3.8, 4) is 5.75 Å². The highest BCUT2D eigenvalue weighted by atomic mass is 79.9. The number of pyridine rings is 1. The summed E-state index contributed by atoms with van der Waals surface area (Å²) in [5, 5.41) is 1.40. The van der Waals surface area contributed by atoms with Crippen molar-refractivity contribution in [1.82, 2.24) is 9.97 Å². The van der Waals surface area contributed by atoms with Crippen molar-refractivity contribution in [2.75, 3.05) is 12.0 Å². The summed E-state index contributed by atoms with van der Waals surface area (Å²) in [4.78, 5) is 24.1. The topological polar surface area (TPSA) is 68.5 Å². The Labute approximate surface area is 190 Å². The number of aromatic nitrogens is 2. The number of ether oxygens (including phenoxy) is 1. The number of nitrogens with zero attached hydrogens (tertiary/aromatic N) is 3. The molecule has 0 saturated carbocycles. The smallest absolute Gasteiger partial charge is 0.296 e. The van der Waals surface area contributed by atoms with Crippen LogP contribution in [0.25, 0.3) is 21.2 Å². The van der Waals surface area contributed by atoms with Crippen molar-refractivity contribution in [1.29, 1.82) is 0 Å². The molecule has 0 unspecified atom stereocenters. The zero-order valence-electron chi connectivity index (χ0n) is 16.4.